The predicted molar refractivity (Wildman–Crippen MR) is 596 cm³/mol. The van der Waals surface area contributed by atoms with E-state index in [4.69, 9.17) is 0 Å². The second-order valence-electron chi connectivity index (χ2n) is 37.1. The van der Waals surface area contributed by atoms with E-state index in [0.29, 0.717) is 0 Å². The van der Waals surface area contributed by atoms with Crippen molar-refractivity contribution in [3.8, 4) is 117 Å². The quantitative estimate of drug-likeness (QED) is 0.115. The standard InChI is InChI=1S/3C45H28N2/c1-3-12-42-38(10-1)39-11-2-4-13-43(39)47(42)35-9-5-7-33(27-35)37-23-19-32-20-24-40-36(22-18-31-21-25-41(37)45(32)44(31)40)30-16-14-29(15-17-30)34-8-6-26-46-28-34;1-3-16-42-37(13-1)38-14-2-4-17-43(38)47(42)34-12-8-10-32(28-34)36-23-19-30-20-24-39-35(22-18-29-21-25-40(36)45(30)44(29)39)31-9-7-11-33(27-31)41-15-5-6-26-46-41;1-3-10-42-38(8-1)39-9-2-4-11-43(39)47(42)35-7-5-6-34(28-35)37-21-17-33-18-22-40-36(20-16-32-19-23-41(37)45(33)44(32)40)31-14-12-29(13-15-31)30-24-26-46-27-25-30/h3*1-28H. The van der Waals surface area contributed by atoms with Crippen molar-refractivity contribution >= 4 is 162 Å². The molecule has 0 aliphatic rings. The van der Waals surface area contributed by atoms with Crippen molar-refractivity contribution in [1.82, 2.24) is 28.7 Å². The van der Waals surface area contributed by atoms with E-state index in [-0.39, 0.29) is 0 Å². The summed E-state index contributed by atoms with van der Waals surface area (Å²) in [6.07, 6.45) is 9.28. The summed E-state index contributed by atoms with van der Waals surface area (Å²) < 4.78 is 7.20. The largest absolute Gasteiger partial charge is 0.309 e. The first-order valence-electron chi connectivity index (χ1n) is 48.4. The highest BCUT2D eigenvalue weighted by Gasteiger charge is 2.24. The fourth-order valence-electron chi connectivity index (χ4n) is 23.1. The predicted octanol–water partition coefficient (Wildman–Crippen LogP) is 36.2. The van der Waals surface area contributed by atoms with Crippen LogP contribution in [0.5, 0.6) is 0 Å². The van der Waals surface area contributed by atoms with Crippen molar-refractivity contribution in [2.24, 2.45) is 0 Å². The molecule has 6 heteroatoms. The monoisotopic (exact) mass is 1790 g/mol. The zero-order chi connectivity index (χ0) is 92.7. The molecule has 30 aromatic rings. The van der Waals surface area contributed by atoms with Crippen molar-refractivity contribution in [1.29, 1.82) is 0 Å². The van der Waals surface area contributed by atoms with Gasteiger partial charge in [-0.15, -0.1) is 0 Å². The van der Waals surface area contributed by atoms with E-state index < -0.39 is 0 Å². The lowest BCUT2D eigenvalue weighted by Gasteiger charge is -2.17. The highest BCUT2D eigenvalue weighted by Crippen LogP contribution is 2.50. The highest BCUT2D eigenvalue weighted by atomic mass is 15.0. The second kappa shape index (κ2) is 33.1. The second-order valence-corrected chi connectivity index (χ2v) is 37.1. The van der Waals surface area contributed by atoms with Crippen LogP contribution in [-0.4, -0.2) is 28.7 Å². The zero-order valence-corrected chi connectivity index (χ0v) is 76.7. The lowest BCUT2D eigenvalue weighted by Crippen LogP contribution is -1.94. The van der Waals surface area contributed by atoms with Crippen molar-refractivity contribution in [2.75, 3.05) is 0 Å². The molecule has 0 unspecified atom stereocenters. The van der Waals surface area contributed by atoms with Crippen LogP contribution in [0.2, 0.25) is 0 Å². The molecule has 0 saturated carbocycles. The van der Waals surface area contributed by atoms with Crippen LogP contribution in [0.25, 0.3) is 280 Å². The first-order valence-corrected chi connectivity index (χ1v) is 48.4. The van der Waals surface area contributed by atoms with Gasteiger partial charge in [0.2, 0.25) is 0 Å². The van der Waals surface area contributed by atoms with Crippen molar-refractivity contribution in [3.05, 3.63) is 510 Å². The number of rotatable bonds is 12. The normalized spacial score (nSPS) is 11.8. The molecule has 0 bridgehead atoms. The van der Waals surface area contributed by atoms with Gasteiger partial charge in [0.1, 0.15) is 0 Å². The average Bonchev–Trinajstić information content (AvgIpc) is 1.63. The molecule has 6 nitrogen and oxygen atoms in total. The van der Waals surface area contributed by atoms with Gasteiger partial charge in [0.25, 0.3) is 0 Å². The summed E-state index contributed by atoms with van der Waals surface area (Å²) in [6.45, 7) is 0. The average molecular weight is 1790 g/mol. The van der Waals surface area contributed by atoms with Gasteiger partial charge in [-0.05, 0) is 295 Å². The minimum absolute atomic E-state index is 0.986. The first kappa shape index (κ1) is 80.7. The van der Waals surface area contributed by atoms with Crippen molar-refractivity contribution < 1.29 is 0 Å². The van der Waals surface area contributed by atoms with E-state index in [2.05, 4.69) is 490 Å². The Kier molecular flexibility index (Phi) is 18.9. The lowest BCUT2D eigenvalue weighted by atomic mass is 9.87. The summed E-state index contributed by atoms with van der Waals surface area (Å²) >= 11 is 0. The third-order valence-electron chi connectivity index (χ3n) is 29.5. The summed E-state index contributed by atoms with van der Waals surface area (Å²) in [5.41, 5.74) is 32.4. The number of hydrogen-bond acceptors (Lipinski definition) is 3. The maximum atomic E-state index is 4.60. The summed E-state index contributed by atoms with van der Waals surface area (Å²) in [5.74, 6) is 0. The summed E-state index contributed by atoms with van der Waals surface area (Å²) in [7, 11) is 0. The number of nitrogens with zero attached hydrogens (tertiary/aromatic N) is 6. The maximum Gasteiger partial charge on any atom is 0.0702 e. The molecule has 0 saturated heterocycles. The van der Waals surface area contributed by atoms with E-state index in [1.807, 2.05) is 49.2 Å². The molecule has 30 rings (SSSR count). The third-order valence-corrected chi connectivity index (χ3v) is 29.5. The molecule has 24 aromatic carbocycles. The van der Waals surface area contributed by atoms with Crippen LogP contribution >= 0.6 is 0 Å². The van der Waals surface area contributed by atoms with E-state index in [1.165, 1.54) is 263 Å². The Morgan fingerprint density at radius 2 is 0.404 bits per heavy atom. The van der Waals surface area contributed by atoms with Crippen LogP contribution in [0.4, 0.5) is 0 Å². The third kappa shape index (κ3) is 13.4. The Hall–Kier alpha value is -18.8. The molecule has 0 radical (unpaired) electrons. The van der Waals surface area contributed by atoms with Gasteiger partial charge in [0.15, 0.2) is 0 Å². The number of pyridine rings is 3. The van der Waals surface area contributed by atoms with Gasteiger partial charge in [-0.1, -0.05) is 370 Å². The highest BCUT2D eigenvalue weighted by molar-refractivity contribution is 6.31. The molecule has 0 atom stereocenters. The number of benzene rings is 24. The first-order chi connectivity index (χ1) is 69.9. The van der Waals surface area contributed by atoms with E-state index in [9.17, 15) is 0 Å². The van der Waals surface area contributed by atoms with Gasteiger partial charge >= 0.3 is 0 Å². The Morgan fingerprint density at radius 3 is 0.716 bits per heavy atom. The molecular weight excluding hydrogens is 1710 g/mol. The Balaban J connectivity index is 0.000000104. The fourth-order valence-corrected chi connectivity index (χ4v) is 23.1. The molecule has 0 fully saturated rings. The van der Waals surface area contributed by atoms with E-state index in [1.54, 1.807) is 0 Å². The minimum Gasteiger partial charge on any atom is -0.309 e. The maximum absolute atomic E-state index is 4.60. The molecule has 0 amide bonds. The molecule has 6 heterocycles. The smallest absolute Gasteiger partial charge is 0.0702 e. The molecular formula is C135H84N6. The molecule has 0 aliphatic carbocycles. The van der Waals surface area contributed by atoms with Gasteiger partial charge in [-0.3, -0.25) is 15.0 Å². The number of para-hydroxylation sites is 6. The molecule has 0 spiro atoms. The molecule has 654 valence electrons. The van der Waals surface area contributed by atoms with Crippen molar-refractivity contribution in [2.45, 2.75) is 0 Å². The lowest BCUT2D eigenvalue weighted by molar-refractivity contribution is 1.18. The fraction of sp³-hybridized carbons (Fsp3) is 0. The van der Waals surface area contributed by atoms with Gasteiger partial charge in [-0.25, -0.2) is 0 Å². The topological polar surface area (TPSA) is 53.5 Å². The number of fused-ring (bicyclic) bond motifs is 9. The minimum atomic E-state index is 0.986. The van der Waals surface area contributed by atoms with Crippen LogP contribution < -0.4 is 0 Å². The van der Waals surface area contributed by atoms with Crippen LogP contribution in [0.3, 0.4) is 0 Å². The molecule has 0 aliphatic heterocycles. The van der Waals surface area contributed by atoms with E-state index >= 15 is 0 Å². The SMILES string of the molecule is c1cc(-c2ccc3ccc4c(-c5ccc(-c6ccncc6)cc5)ccc5ccc2c3c54)cc(-n2c3ccccc3c3ccccc32)c1.c1ccc(-c2cccc(-c3ccc4ccc5c(-c6cccc(-n7c8ccccc8c8ccccc87)c6)ccc6ccc3c4c65)c2)nc1.c1cncc(-c2ccc(-c3ccc4ccc5c(-c6cccc(-n7c8ccccc8c8ccccc87)c6)ccc6ccc3c4c65)cc2)c1. The molecule has 0 N–H and O–H groups in total. The molecule has 141 heavy (non-hydrogen) atoms. The van der Waals surface area contributed by atoms with Crippen molar-refractivity contribution in [3.63, 3.8) is 0 Å². The van der Waals surface area contributed by atoms with Gasteiger partial charge in [-0.2, -0.15) is 0 Å². The van der Waals surface area contributed by atoms with E-state index in [0.717, 1.165) is 16.8 Å². The summed E-state index contributed by atoms with van der Waals surface area (Å²) in [6, 6.07) is 175. The molecule has 6 aromatic heterocycles. The summed E-state index contributed by atoms with van der Waals surface area (Å²) in [5, 5.41) is 30.9. The Labute approximate surface area is 812 Å². The zero-order valence-electron chi connectivity index (χ0n) is 76.7. The van der Waals surface area contributed by atoms with Crippen LogP contribution in [0.1, 0.15) is 0 Å². The van der Waals surface area contributed by atoms with Gasteiger partial charge in [0.05, 0.1) is 38.8 Å². The van der Waals surface area contributed by atoms with Gasteiger partial charge < -0.3 is 13.7 Å². The van der Waals surface area contributed by atoms with Gasteiger partial charge in [0, 0.05) is 85.9 Å². The van der Waals surface area contributed by atoms with Crippen LogP contribution in [0.15, 0.2) is 510 Å². The number of aromatic nitrogens is 6. The Morgan fingerprint density at radius 1 is 0.142 bits per heavy atom. The van der Waals surface area contributed by atoms with Crippen LogP contribution in [-0.2, 0) is 0 Å². The van der Waals surface area contributed by atoms with Crippen LogP contribution in [0, 0.1) is 0 Å². The number of hydrogen-bond donors (Lipinski definition) is 0. The Bertz CT molecular complexity index is 9630. The summed E-state index contributed by atoms with van der Waals surface area (Å²) in [4.78, 5) is 13.1.